The highest BCUT2D eigenvalue weighted by atomic mass is 35.5. The predicted molar refractivity (Wildman–Crippen MR) is 104 cm³/mol. The fraction of sp³-hybridized carbons (Fsp3) is 0.550. The SMILES string of the molecule is CC(=O)N(CC(=O)O)C1CCCN(C(=O)C(C)(C)c2cccc(Cl)c2)CC1. The monoisotopic (exact) mass is 394 g/mol. The molecule has 1 saturated heterocycles. The van der Waals surface area contributed by atoms with E-state index in [0.29, 0.717) is 31.0 Å². The maximum absolute atomic E-state index is 13.2. The van der Waals surface area contributed by atoms with Gasteiger partial charge in [0.25, 0.3) is 0 Å². The van der Waals surface area contributed by atoms with Crippen LogP contribution in [0.15, 0.2) is 24.3 Å². The third-order valence-corrected chi connectivity index (χ3v) is 5.45. The Kier molecular flexibility index (Phi) is 6.87. The first kappa shape index (κ1) is 21.2. The number of carbonyl (C=O) groups excluding carboxylic acids is 2. The van der Waals surface area contributed by atoms with Gasteiger partial charge in [0, 0.05) is 31.1 Å². The molecule has 148 valence electrons. The van der Waals surface area contributed by atoms with Crippen LogP contribution < -0.4 is 0 Å². The number of hydrogen-bond acceptors (Lipinski definition) is 3. The van der Waals surface area contributed by atoms with E-state index in [1.807, 2.05) is 36.9 Å². The first-order chi connectivity index (χ1) is 12.6. The molecule has 1 unspecified atom stereocenters. The van der Waals surface area contributed by atoms with E-state index in [1.54, 1.807) is 6.07 Å². The molecule has 7 heteroatoms. The normalized spacial score (nSPS) is 17.9. The summed E-state index contributed by atoms with van der Waals surface area (Å²) in [5.41, 5.74) is 0.142. The highest BCUT2D eigenvalue weighted by Crippen LogP contribution is 2.29. The largest absolute Gasteiger partial charge is 0.480 e. The summed E-state index contributed by atoms with van der Waals surface area (Å²) in [6.07, 6.45) is 1.99. The van der Waals surface area contributed by atoms with Crippen molar-refractivity contribution >= 4 is 29.4 Å². The van der Waals surface area contributed by atoms with Crippen molar-refractivity contribution in [3.63, 3.8) is 0 Å². The number of carboxylic acids is 1. The predicted octanol–water partition coefficient (Wildman–Crippen LogP) is 2.93. The van der Waals surface area contributed by atoms with Crippen molar-refractivity contribution in [2.75, 3.05) is 19.6 Å². The molecule has 27 heavy (non-hydrogen) atoms. The van der Waals surface area contributed by atoms with Crippen LogP contribution in [0, 0.1) is 0 Å². The summed E-state index contributed by atoms with van der Waals surface area (Å²) in [5, 5.41) is 9.65. The number of aliphatic carboxylic acids is 1. The molecule has 0 bridgehead atoms. The summed E-state index contributed by atoms with van der Waals surface area (Å²) in [6, 6.07) is 7.16. The maximum atomic E-state index is 13.2. The maximum Gasteiger partial charge on any atom is 0.323 e. The molecule has 1 N–H and O–H groups in total. The topological polar surface area (TPSA) is 77.9 Å². The minimum absolute atomic E-state index is 0.0121. The number of carbonyl (C=O) groups is 3. The number of rotatable bonds is 5. The lowest BCUT2D eigenvalue weighted by Gasteiger charge is -2.32. The van der Waals surface area contributed by atoms with Crippen LogP contribution in [0.5, 0.6) is 0 Å². The van der Waals surface area contributed by atoms with Gasteiger partial charge in [-0.15, -0.1) is 0 Å². The Hall–Kier alpha value is -2.08. The van der Waals surface area contributed by atoms with Crippen LogP contribution in [-0.4, -0.2) is 58.4 Å². The smallest absolute Gasteiger partial charge is 0.323 e. The Labute approximate surface area is 165 Å². The number of halogens is 1. The Morgan fingerprint density at radius 2 is 1.96 bits per heavy atom. The molecule has 0 aliphatic carbocycles. The van der Waals surface area contributed by atoms with Gasteiger partial charge < -0.3 is 14.9 Å². The average Bonchev–Trinajstić information content (AvgIpc) is 2.84. The van der Waals surface area contributed by atoms with Crippen LogP contribution >= 0.6 is 11.6 Å². The van der Waals surface area contributed by atoms with Crippen LogP contribution in [0.3, 0.4) is 0 Å². The van der Waals surface area contributed by atoms with Crippen molar-refractivity contribution in [1.82, 2.24) is 9.80 Å². The van der Waals surface area contributed by atoms with E-state index >= 15 is 0 Å². The first-order valence-electron chi connectivity index (χ1n) is 9.17. The Bertz CT molecular complexity index is 720. The number of nitrogens with zero attached hydrogens (tertiary/aromatic N) is 2. The van der Waals surface area contributed by atoms with Gasteiger partial charge >= 0.3 is 5.97 Å². The van der Waals surface area contributed by atoms with E-state index in [-0.39, 0.29) is 24.4 Å². The number of likely N-dealkylation sites (tertiary alicyclic amines) is 1. The number of benzene rings is 1. The lowest BCUT2D eigenvalue weighted by Crippen LogP contribution is -2.45. The molecule has 0 aromatic heterocycles. The summed E-state index contributed by atoms with van der Waals surface area (Å²) >= 11 is 6.08. The van der Waals surface area contributed by atoms with Gasteiger partial charge in [0.15, 0.2) is 0 Å². The van der Waals surface area contributed by atoms with Gasteiger partial charge in [-0.25, -0.2) is 0 Å². The Morgan fingerprint density at radius 1 is 1.26 bits per heavy atom. The lowest BCUT2D eigenvalue weighted by molar-refractivity contribution is -0.145. The van der Waals surface area contributed by atoms with Gasteiger partial charge in [-0.05, 0) is 50.8 Å². The van der Waals surface area contributed by atoms with E-state index in [1.165, 1.54) is 11.8 Å². The summed E-state index contributed by atoms with van der Waals surface area (Å²) < 4.78 is 0. The molecule has 1 aliphatic rings. The van der Waals surface area contributed by atoms with Crippen LogP contribution in [0.2, 0.25) is 5.02 Å². The highest BCUT2D eigenvalue weighted by Gasteiger charge is 2.35. The first-order valence-corrected chi connectivity index (χ1v) is 9.55. The minimum atomic E-state index is -1.02. The van der Waals surface area contributed by atoms with Crippen LogP contribution in [-0.2, 0) is 19.8 Å². The lowest BCUT2D eigenvalue weighted by atomic mass is 9.83. The van der Waals surface area contributed by atoms with Crippen molar-refractivity contribution in [1.29, 1.82) is 0 Å². The summed E-state index contributed by atoms with van der Waals surface area (Å²) in [5.74, 6) is -1.26. The Morgan fingerprint density at radius 3 is 2.56 bits per heavy atom. The third kappa shape index (κ3) is 5.22. The molecule has 2 rings (SSSR count). The fourth-order valence-electron chi connectivity index (χ4n) is 3.63. The van der Waals surface area contributed by atoms with Crippen LogP contribution in [0.1, 0.15) is 45.6 Å². The fourth-order valence-corrected chi connectivity index (χ4v) is 3.82. The summed E-state index contributed by atoms with van der Waals surface area (Å²) in [7, 11) is 0. The molecule has 2 amide bonds. The second-order valence-corrected chi connectivity index (χ2v) is 7.99. The summed E-state index contributed by atoms with van der Waals surface area (Å²) in [6.45, 7) is 5.95. The van der Waals surface area contributed by atoms with Gasteiger partial charge in [0.2, 0.25) is 11.8 Å². The van der Waals surface area contributed by atoms with E-state index in [4.69, 9.17) is 16.7 Å². The molecule has 0 saturated carbocycles. The zero-order chi connectivity index (χ0) is 20.2. The zero-order valence-corrected chi connectivity index (χ0v) is 16.8. The van der Waals surface area contributed by atoms with E-state index in [2.05, 4.69) is 0 Å². The van der Waals surface area contributed by atoms with Crippen molar-refractivity contribution < 1.29 is 19.5 Å². The molecule has 1 atom stereocenters. The molecule has 1 aliphatic heterocycles. The minimum Gasteiger partial charge on any atom is -0.480 e. The second kappa shape index (κ2) is 8.74. The molecule has 1 fully saturated rings. The van der Waals surface area contributed by atoms with Gasteiger partial charge in [-0.2, -0.15) is 0 Å². The number of carboxylic acid groups (broad SMARTS) is 1. The average molecular weight is 395 g/mol. The number of amides is 2. The molecule has 0 radical (unpaired) electrons. The van der Waals surface area contributed by atoms with Gasteiger partial charge in [-0.1, -0.05) is 23.7 Å². The van der Waals surface area contributed by atoms with Crippen molar-refractivity contribution in [2.45, 2.75) is 51.5 Å². The van der Waals surface area contributed by atoms with Crippen molar-refractivity contribution in [3.05, 3.63) is 34.9 Å². The van der Waals surface area contributed by atoms with E-state index in [0.717, 1.165) is 12.0 Å². The molecule has 1 aromatic rings. The molecule has 0 spiro atoms. The quantitative estimate of drug-likeness (QED) is 0.832. The standard InChI is InChI=1S/C20H27ClN2O4/c1-14(24)23(13-18(25)26)17-8-5-10-22(11-9-17)19(27)20(2,3)15-6-4-7-16(21)12-15/h4,6-7,12,17H,5,8-11,13H2,1-3H3,(H,25,26). The van der Waals surface area contributed by atoms with Crippen molar-refractivity contribution in [3.8, 4) is 0 Å². The Balaban J connectivity index is 2.11. The van der Waals surface area contributed by atoms with Crippen LogP contribution in [0.25, 0.3) is 0 Å². The van der Waals surface area contributed by atoms with Gasteiger partial charge in [0.1, 0.15) is 6.54 Å². The van der Waals surface area contributed by atoms with Crippen molar-refractivity contribution in [2.24, 2.45) is 0 Å². The van der Waals surface area contributed by atoms with E-state index < -0.39 is 11.4 Å². The second-order valence-electron chi connectivity index (χ2n) is 7.55. The third-order valence-electron chi connectivity index (χ3n) is 5.22. The summed E-state index contributed by atoms with van der Waals surface area (Å²) in [4.78, 5) is 39.3. The molecule has 6 nitrogen and oxygen atoms in total. The highest BCUT2D eigenvalue weighted by molar-refractivity contribution is 6.30. The van der Waals surface area contributed by atoms with Gasteiger partial charge in [0.05, 0.1) is 5.41 Å². The molecule has 1 heterocycles. The van der Waals surface area contributed by atoms with E-state index in [9.17, 15) is 14.4 Å². The van der Waals surface area contributed by atoms with Crippen LogP contribution in [0.4, 0.5) is 0 Å². The molecule has 1 aromatic carbocycles. The zero-order valence-electron chi connectivity index (χ0n) is 16.1. The molecular weight excluding hydrogens is 368 g/mol. The molecular formula is C20H27ClN2O4. The van der Waals surface area contributed by atoms with Gasteiger partial charge in [-0.3, -0.25) is 14.4 Å². The number of hydrogen-bond donors (Lipinski definition) is 1.